The molecule has 7 nitrogen and oxygen atoms in total. The predicted molar refractivity (Wildman–Crippen MR) is 87.8 cm³/mol. The van der Waals surface area contributed by atoms with Crippen molar-refractivity contribution < 1.29 is 45.6 Å². The zero-order valence-corrected chi connectivity index (χ0v) is 15.4. The fraction of sp³-hybridized carbons (Fsp3) is 0.133. The summed E-state index contributed by atoms with van der Waals surface area (Å²) in [7, 11) is 0. The summed E-state index contributed by atoms with van der Waals surface area (Å²) in [5.74, 6) is 0. The van der Waals surface area contributed by atoms with Gasteiger partial charge >= 0.3 is 29.6 Å². The Labute approximate surface area is 164 Å². The maximum absolute atomic E-state index is 10.3. The minimum absolute atomic E-state index is 0. The van der Waals surface area contributed by atoms with Crippen LogP contribution >= 0.6 is 0 Å². The minimum Gasteiger partial charge on any atom is -1.00 e. The molecule has 0 fully saturated rings. The largest absolute Gasteiger partial charge is 1.00 e. The topological polar surface area (TPSA) is 103 Å². The zero-order valence-electron chi connectivity index (χ0n) is 14.4. The summed E-state index contributed by atoms with van der Waals surface area (Å²) in [4.78, 5) is 29.7. The predicted octanol–water partition coefficient (Wildman–Crippen LogP) is 0.300. The summed E-state index contributed by atoms with van der Waals surface area (Å²) in [6, 6.07) is 12.2. The number of hydrogen-bond acceptors (Lipinski definition) is 5. The molecular formula is C15H15BN2NaO5. The van der Waals surface area contributed by atoms with Gasteiger partial charge < -0.3 is 1.43 Å². The normalized spacial score (nSPS) is 8.54. The Morgan fingerprint density at radius 2 is 1.50 bits per heavy atom. The van der Waals surface area contributed by atoms with Crippen LogP contribution < -0.4 is 29.6 Å². The van der Waals surface area contributed by atoms with Crippen molar-refractivity contribution in [3.8, 4) is 0 Å². The molecule has 2 aromatic rings. The van der Waals surface area contributed by atoms with Crippen molar-refractivity contribution in [2.75, 3.05) is 0 Å². The average Bonchev–Trinajstić information content (AvgIpc) is 2.55. The van der Waals surface area contributed by atoms with Crippen LogP contribution in [0.4, 0.5) is 11.4 Å². The molecule has 0 atom stereocenters. The van der Waals surface area contributed by atoms with E-state index in [0.29, 0.717) is 11.8 Å². The van der Waals surface area contributed by atoms with Crippen LogP contribution in [0.2, 0.25) is 0 Å². The summed E-state index contributed by atoms with van der Waals surface area (Å²) in [5, 5.41) is 20.4. The number of non-ortho nitro benzene ring substituents is 2. The van der Waals surface area contributed by atoms with Gasteiger partial charge in [0.2, 0.25) is 0 Å². The van der Waals surface area contributed by atoms with Crippen molar-refractivity contribution in [3.63, 3.8) is 0 Å². The molecule has 0 heterocycles. The smallest absolute Gasteiger partial charge is 1.00 e. The molecule has 2 rings (SSSR count). The standard InChI is InChI=1S/C8H9NO2.C7H5NO3.B.Na.H/c1-2-7-4-3-5-8(6-7)9(10)11;9-5-6-2-1-3-7(4-6)8(10)11;;;/h3-6H,2H2,1H3;1-5H;;;/q;;;+1;-1. The van der Waals surface area contributed by atoms with E-state index in [9.17, 15) is 25.0 Å². The Morgan fingerprint density at radius 3 is 1.96 bits per heavy atom. The summed E-state index contributed by atoms with van der Waals surface area (Å²) in [6.45, 7) is 1.97. The Balaban J connectivity index is -0.000000346. The number of benzene rings is 2. The van der Waals surface area contributed by atoms with Crippen molar-refractivity contribution in [3.05, 3.63) is 79.9 Å². The van der Waals surface area contributed by atoms with Gasteiger partial charge in [-0.3, -0.25) is 25.0 Å². The summed E-state index contributed by atoms with van der Waals surface area (Å²) >= 11 is 0. The van der Waals surface area contributed by atoms with Crippen LogP contribution in [-0.2, 0) is 6.42 Å². The first-order chi connectivity index (χ1) is 10.5. The molecule has 0 aliphatic rings. The molecule has 9 heteroatoms. The summed E-state index contributed by atoms with van der Waals surface area (Å²) < 4.78 is 0. The van der Waals surface area contributed by atoms with E-state index in [1.807, 2.05) is 13.0 Å². The fourth-order valence-electron chi connectivity index (χ4n) is 1.60. The van der Waals surface area contributed by atoms with Crippen LogP contribution in [0.5, 0.6) is 0 Å². The SMILES string of the molecule is CCc1cccc([N+](=O)[O-])c1.O=Cc1cccc([N+](=O)[O-])c1.[B].[H-].[Na+]. The van der Waals surface area contributed by atoms with E-state index in [1.54, 1.807) is 12.1 Å². The van der Waals surface area contributed by atoms with Crippen LogP contribution in [0.15, 0.2) is 48.5 Å². The Hall–Kier alpha value is -2.03. The molecule has 24 heavy (non-hydrogen) atoms. The van der Waals surface area contributed by atoms with Gasteiger partial charge in [-0.05, 0) is 12.0 Å². The summed E-state index contributed by atoms with van der Waals surface area (Å²) in [5.41, 5.74) is 1.43. The number of aldehydes is 1. The van der Waals surface area contributed by atoms with Gasteiger partial charge in [0.05, 0.1) is 9.85 Å². The van der Waals surface area contributed by atoms with Crippen LogP contribution in [0, 0.1) is 20.2 Å². The van der Waals surface area contributed by atoms with Crippen molar-refractivity contribution in [2.24, 2.45) is 0 Å². The third-order valence-corrected chi connectivity index (χ3v) is 2.75. The number of rotatable bonds is 4. The molecule has 0 aliphatic carbocycles. The molecule has 0 amide bonds. The number of hydrogen-bond donors (Lipinski definition) is 0. The molecule has 3 radical (unpaired) electrons. The molecule has 0 bridgehead atoms. The van der Waals surface area contributed by atoms with Gasteiger partial charge in [0, 0.05) is 38.2 Å². The van der Waals surface area contributed by atoms with E-state index in [2.05, 4.69) is 0 Å². The Morgan fingerprint density at radius 1 is 1.00 bits per heavy atom. The number of carbonyl (C=O) groups excluding carboxylic acids is 1. The van der Waals surface area contributed by atoms with E-state index >= 15 is 0 Å². The van der Waals surface area contributed by atoms with Crippen LogP contribution in [-0.4, -0.2) is 24.5 Å². The maximum atomic E-state index is 10.3. The first kappa shape index (κ1) is 24.2. The van der Waals surface area contributed by atoms with Crippen LogP contribution in [0.25, 0.3) is 0 Å². The number of carbonyl (C=O) groups is 1. The minimum atomic E-state index is -0.535. The second kappa shape index (κ2) is 12.4. The van der Waals surface area contributed by atoms with E-state index in [-0.39, 0.29) is 55.7 Å². The Kier molecular flexibility index (Phi) is 12.5. The molecule has 0 unspecified atom stereocenters. The maximum Gasteiger partial charge on any atom is 1.00 e. The third-order valence-electron chi connectivity index (χ3n) is 2.75. The molecule has 0 spiro atoms. The van der Waals surface area contributed by atoms with Gasteiger partial charge in [-0.1, -0.05) is 31.2 Å². The quantitative estimate of drug-likeness (QED) is 0.345. The van der Waals surface area contributed by atoms with Gasteiger partial charge in [-0.25, -0.2) is 0 Å². The monoisotopic (exact) mass is 337 g/mol. The van der Waals surface area contributed by atoms with Gasteiger partial charge in [0.15, 0.2) is 0 Å². The number of nitro groups is 2. The molecule has 0 saturated heterocycles. The Bertz CT molecular complexity index is 703. The molecule has 0 saturated carbocycles. The zero-order chi connectivity index (χ0) is 16.5. The van der Waals surface area contributed by atoms with E-state index in [1.165, 1.54) is 30.3 Å². The molecule has 0 aliphatic heterocycles. The van der Waals surface area contributed by atoms with Gasteiger partial charge in [0.25, 0.3) is 11.4 Å². The number of nitrogens with zero attached hydrogens (tertiary/aromatic N) is 2. The van der Waals surface area contributed by atoms with Crippen LogP contribution in [0.1, 0.15) is 24.3 Å². The van der Waals surface area contributed by atoms with Crippen molar-refractivity contribution in [1.82, 2.24) is 0 Å². The van der Waals surface area contributed by atoms with Gasteiger partial charge in [-0.15, -0.1) is 0 Å². The van der Waals surface area contributed by atoms with E-state index < -0.39 is 4.92 Å². The fourth-order valence-corrected chi connectivity index (χ4v) is 1.60. The molecule has 2 aromatic carbocycles. The van der Waals surface area contributed by atoms with Crippen molar-refractivity contribution in [1.29, 1.82) is 0 Å². The average molecular weight is 337 g/mol. The number of nitro benzene ring substituents is 2. The van der Waals surface area contributed by atoms with Crippen molar-refractivity contribution >= 4 is 26.1 Å². The van der Waals surface area contributed by atoms with Crippen LogP contribution in [0.3, 0.4) is 0 Å². The van der Waals surface area contributed by atoms with E-state index in [4.69, 9.17) is 0 Å². The van der Waals surface area contributed by atoms with Gasteiger partial charge in [0.1, 0.15) is 6.29 Å². The third kappa shape index (κ3) is 8.00. The molecule has 0 aromatic heterocycles. The molecule has 0 N–H and O–H groups in total. The second-order valence-corrected chi connectivity index (χ2v) is 4.25. The summed E-state index contributed by atoms with van der Waals surface area (Å²) in [6.07, 6.45) is 1.41. The second-order valence-electron chi connectivity index (χ2n) is 4.25. The van der Waals surface area contributed by atoms with Crippen molar-refractivity contribution in [2.45, 2.75) is 13.3 Å². The molecule has 119 valence electrons. The first-order valence-corrected chi connectivity index (χ1v) is 6.41. The van der Waals surface area contributed by atoms with Gasteiger partial charge in [-0.2, -0.15) is 0 Å². The first-order valence-electron chi connectivity index (χ1n) is 6.41. The molecular weight excluding hydrogens is 322 g/mol. The van der Waals surface area contributed by atoms with E-state index in [0.717, 1.165) is 12.0 Å². The number of aryl methyl sites for hydroxylation is 1.